The van der Waals surface area contributed by atoms with E-state index in [1.807, 2.05) is 6.92 Å². The van der Waals surface area contributed by atoms with Gasteiger partial charge in [-0.3, -0.25) is 4.79 Å². The van der Waals surface area contributed by atoms with Crippen LogP contribution in [0.3, 0.4) is 0 Å². The van der Waals surface area contributed by atoms with Gasteiger partial charge in [0.25, 0.3) is 0 Å². The predicted molar refractivity (Wildman–Crippen MR) is 73.2 cm³/mol. The summed E-state index contributed by atoms with van der Waals surface area (Å²) in [5.74, 6) is 0.723. The molecule has 0 aromatic heterocycles. The largest absolute Gasteiger partial charge is 0.368 e. The quantitative estimate of drug-likeness (QED) is 0.647. The first-order valence-corrected chi connectivity index (χ1v) is 7.26. The van der Waals surface area contributed by atoms with Gasteiger partial charge in [0.2, 0.25) is 5.91 Å². The second-order valence-corrected chi connectivity index (χ2v) is 6.42. The summed E-state index contributed by atoms with van der Waals surface area (Å²) in [4.78, 5) is 14.0. The number of hydrogen-bond acceptors (Lipinski definition) is 3. The first kappa shape index (κ1) is 13.8. The summed E-state index contributed by atoms with van der Waals surface area (Å²) in [5.41, 5.74) is 5.03. The van der Waals surface area contributed by atoms with E-state index in [2.05, 4.69) is 17.3 Å². The molecule has 0 aromatic rings. The molecule has 18 heavy (non-hydrogen) atoms. The fourth-order valence-electron chi connectivity index (χ4n) is 2.48. The molecule has 0 heterocycles. The normalized spacial score (nSPS) is 23.1. The number of amides is 1. The number of rotatable bonds is 9. The van der Waals surface area contributed by atoms with E-state index in [0.717, 1.165) is 25.3 Å². The van der Waals surface area contributed by atoms with Gasteiger partial charge in [-0.25, -0.2) is 0 Å². The molecular formula is C14H27N3O. The molecule has 104 valence electrons. The van der Waals surface area contributed by atoms with Gasteiger partial charge in [-0.15, -0.1) is 0 Å². The zero-order chi connectivity index (χ0) is 13.2. The van der Waals surface area contributed by atoms with Crippen LogP contribution in [0.15, 0.2) is 0 Å². The highest BCUT2D eigenvalue weighted by Crippen LogP contribution is 2.29. The van der Waals surface area contributed by atoms with Crippen molar-refractivity contribution in [1.29, 1.82) is 0 Å². The standard InChI is InChI=1S/C14H27N3O/c1-14(13(15)18,16-12-6-7-12)8-3-9-17(2)10-11-4-5-11/h11-12,16H,3-10H2,1-2H3,(H2,15,18). The molecule has 2 rings (SSSR count). The molecule has 1 amide bonds. The van der Waals surface area contributed by atoms with Crippen LogP contribution in [0.1, 0.15) is 45.4 Å². The Bertz CT molecular complexity index is 299. The number of nitrogens with two attached hydrogens (primary N) is 1. The summed E-state index contributed by atoms with van der Waals surface area (Å²) >= 11 is 0. The lowest BCUT2D eigenvalue weighted by Gasteiger charge is -2.28. The molecule has 0 aromatic carbocycles. The van der Waals surface area contributed by atoms with Crippen molar-refractivity contribution in [1.82, 2.24) is 10.2 Å². The van der Waals surface area contributed by atoms with E-state index in [1.165, 1.54) is 32.2 Å². The van der Waals surface area contributed by atoms with E-state index in [9.17, 15) is 4.79 Å². The summed E-state index contributed by atoms with van der Waals surface area (Å²) in [6.45, 7) is 4.23. The number of carbonyl (C=O) groups excluding carboxylic acids is 1. The molecule has 0 bridgehead atoms. The number of carbonyl (C=O) groups is 1. The Kier molecular flexibility index (Phi) is 4.28. The van der Waals surface area contributed by atoms with E-state index < -0.39 is 5.54 Å². The van der Waals surface area contributed by atoms with Crippen molar-refractivity contribution in [3.63, 3.8) is 0 Å². The zero-order valence-corrected chi connectivity index (χ0v) is 11.7. The number of primary amides is 1. The van der Waals surface area contributed by atoms with Crippen LogP contribution < -0.4 is 11.1 Å². The van der Waals surface area contributed by atoms with Crippen molar-refractivity contribution in [2.75, 3.05) is 20.1 Å². The maximum Gasteiger partial charge on any atom is 0.237 e. The molecule has 2 fully saturated rings. The average Bonchev–Trinajstić information content (AvgIpc) is 3.14. The predicted octanol–water partition coefficient (Wildman–Crippen LogP) is 1.10. The van der Waals surface area contributed by atoms with Gasteiger partial charge in [0.1, 0.15) is 0 Å². The molecule has 2 aliphatic rings. The molecule has 0 radical (unpaired) electrons. The third kappa shape index (κ3) is 4.25. The third-order valence-electron chi connectivity index (χ3n) is 4.13. The second kappa shape index (κ2) is 5.57. The molecule has 4 heteroatoms. The number of nitrogens with zero attached hydrogens (tertiary/aromatic N) is 1. The van der Waals surface area contributed by atoms with E-state index in [-0.39, 0.29) is 5.91 Å². The van der Waals surface area contributed by atoms with Gasteiger partial charge in [0.05, 0.1) is 5.54 Å². The molecule has 0 aliphatic heterocycles. The highest BCUT2D eigenvalue weighted by atomic mass is 16.1. The first-order chi connectivity index (χ1) is 8.49. The minimum absolute atomic E-state index is 0.209. The first-order valence-electron chi connectivity index (χ1n) is 7.26. The summed E-state index contributed by atoms with van der Waals surface area (Å²) in [6, 6.07) is 0.520. The molecule has 3 N–H and O–H groups in total. The highest BCUT2D eigenvalue weighted by molar-refractivity contribution is 5.84. The molecule has 2 aliphatic carbocycles. The lowest BCUT2D eigenvalue weighted by atomic mass is 9.94. The van der Waals surface area contributed by atoms with Gasteiger partial charge in [0, 0.05) is 12.6 Å². The van der Waals surface area contributed by atoms with Crippen LogP contribution in [0.25, 0.3) is 0 Å². The van der Waals surface area contributed by atoms with Crippen LogP contribution in [0.4, 0.5) is 0 Å². The molecule has 2 saturated carbocycles. The molecular weight excluding hydrogens is 226 g/mol. The van der Waals surface area contributed by atoms with Crippen LogP contribution in [0.2, 0.25) is 0 Å². The van der Waals surface area contributed by atoms with Crippen LogP contribution >= 0.6 is 0 Å². The zero-order valence-electron chi connectivity index (χ0n) is 11.7. The van der Waals surface area contributed by atoms with Crippen molar-refractivity contribution >= 4 is 5.91 Å². The minimum atomic E-state index is -0.512. The fourth-order valence-corrected chi connectivity index (χ4v) is 2.48. The van der Waals surface area contributed by atoms with Crippen molar-refractivity contribution in [2.45, 2.75) is 57.0 Å². The van der Waals surface area contributed by atoms with Gasteiger partial charge in [-0.1, -0.05) is 0 Å². The Morgan fingerprint density at radius 3 is 2.56 bits per heavy atom. The Morgan fingerprint density at radius 2 is 2.06 bits per heavy atom. The molecule has 1 atom stereocenters. The average molecular weight is 253 g/mol. The molecule has 0 spiro atoms. The van der Waals surface area contributed by atoms with Gasteiger partial charge >= 0.3 is 0 Å². The maximum absolute atomic E-state index is 11.6. The van der Waals surface area contributed by atoms with Crippen molar-refractivity contribution in [3.8, 4) is 0 Å². The van der Waals surface area contributed by atoms with E-state index in [0.29, 0.717) is 6.04 Å². The monoisotopic (exact) mass is 253 g/mol. The Balaban J connectivity index is 1.68. The van der Waals surface area contributed by atoms with Gasteiger partial charge in [0.15, 0.2) is 0 Å². The van der Waals surface area contributed by atoms with E-state index >= 15 is 0 Å². The lowest BCUT2D eigenvalue weighted by molar-refractivity contribution is -0.124. The lowest BCUT2D eigenvalue weighted by Crippen LogP contribution is -2.54. The number of hydrogen-bond donors (Lipinski definition) is 2. The Morgan fingerprint density at radius 1 is 1.39 bits per heavy atom. The summed E-state index contributed by atoms with van der Waals surface area (Å²) in [6.07, 6.45) is 7.03. The summed E-state index contributed by atoms with van der Waals surface area (Å²) < 4.78 is 0. The molecule has 1 unspecified atom stereocenters. The molecule has 0 saturated heterocycles. The minimum Gasteiger partial charge on any atom is -0.368 e. The van der Waals surface area contributed by atoms with Crippen molar-refractivity contribution in [2.24, 2.45) is 11.7 Å². The number of nitrogens with one attached hydrogen (secondary N) is 1. The smallest absolute Gasteiger partial charge is 0.237 e. The maximum atomic E-state index is 11.6. The van der Waals surface area contributed by atoms with Crippen LogP contribution in [0.5, 0.6) is 0 Å². The van der Waals surface area contributed by atoms with E-state index in [4.69, 9.17) is 5.73 Å². The highest BCUT2D eigenvalue weighted by Gasteiger charge is 2.36. The SMILES string of the molecule is CN(CCCC(C)(NC1CC1)C(N)=O)CC1CC1. The van der Waals surface area contributed by atoms with Gasteiger partial charge < -0.3 is 16.0 Å². The topological polar surface area (TPSA) is 58.4 Å². The van der Waals surface area contributed by atoms with Crippen LogP contribution in [-0.2, 0) is 4.79 Å². The van der Waals surface area contributed by atoms with Gasteiger partial charge in [-0.2, -0.15) is 0 Å². The van der Waals surface area contributed by atoms with Gasteiger partial charge in [-0.05, 0) is 65.0 Å². The van der Waals surface area contributed by atoms with Crippen molar-refractivity contribution in [3.05, 3.63) is 0 Å². The summed E-state index contributed by atoms with van der Waals surface area (Å²) in [5, 5.41) is 3.40. The van der Waals surface area contributed by atoms with E-state index in [1.54, 1.807) is 0 Å². The van der Waals surface area contributed by atoms with Crippen molar-refractivity contribution < 1.29 is 4.79 Å². The Hall–Kier alpha value is -0.610. The second-order valence-electron chi connectivity index (χ2n) is 6.42. The molecule has 4 nitrogen and oxygen atoms in total. The fraction of sp³-hybridized carbons (Fsp3) is 0.929. The third-order valence-corrected chi connectivity index (χ3v) is 4.13. The summed E-state index contributed by atoms with van der Waals surface area (Å²) in [7, 11) is 2.17. The Labute approximate surface area is 110 Å². The van der Waals surface area contributed by atoms with Crippen LogP contribution in [0, 0.1) is 5.92 Å². The van der Waals surface area contributed by atoms with Crippen LogP contribution in [-0.4, -0.2) is 42.5 Å².